The third-order valence-electron chi connectivity index (χ3n) is 6.65. The molecule has 0 saturated heterocycles. The van der Waals surface area contributed by atoms with Crippen LogP contribution in [0.2, 0.25) is 5.02 Å². The van der Waals surface area contributed by atoms with Crippen molar-refractivity contribution in [2.75, 3.05) is 13.7 Å². The monoisotopic (exact) mass is 487 g/mol. The van der Waals surface area contributed by atoms with Gasteiger partial charge in [0.25, 0.3) is 5.91 Å². The first-order valence-electron chi connectivity index (χ1n) is 11.7. The van der Waals surface area contributed by atoms with Crippen LogP contribution in [0.15, 0.2) is 75.9 Å². The molecule has 0 radical (unpaired) electrons. The Morgan fingerprint density at radius 2 is 1.71 bits per heavy atom. The Kier molecular flexibility index (Phi) is 6.12. The number of ether oxygens (including phenoxy) is 1. The number of rotatable bonds is 6. The topological polar surface area (TPSA) is 59.8 Å². The van der Waals surface area contributed by atoms with Gasteiger partial charge in [-0.2, -0.15) is 0 Å². The molecule has 0 fully saturated rings. The normalized spacial score (nSPS) is 15.2. The van der Waals surface area contributed by atoms with Gasteiger partial charge in [0.1, 0.15) is 11.3 Å². The lowest BCUT2D eigenvalue weighted by molar-refractivity contribution is 0.0730. The smallest absolute Gasteiger partial charge is 0.290 e. The number of fused-ring (bicyclic) bond motifs is 2. The second-order valence-corrected chi connectivity index (χ2v) is 9.57. The molecule has 1 aliphatic rings. The van der Waals surface area contributed by atoms with E-state index < -0.39 is 6.04 Å². The van der Waals surface area contributed by atoms with E-state index in [9.17, 15) is 9.59 Å². The van der Waals surface area contributed by atoms with Gasteiger partial charge in [-0.05, 0) is 59.4 Å². The van der Waals surface area contributed by atoms with E-state index in [-0.39, 0.29) is 17.1 Å². The molecule has 0 unspecified atom stereocenters. The number of carbonyl (C=O) groups excluding carboxylic acids is 1. The SMILES string of the molecule is COc1ccc(CCN2C(=O)c3oc4ccc(Cl)cc4c(=O)c3[C@H]2c2ccc(C(C)C)cc2)cc1. The summed E-state index contributed by atoms with van der Waals surface area (Å²) < 4.78 is 11.3. The summed E-state index contributed by atoms with van der Waals surface area (Å²) >= 11 is 6.17. The summed E-state index contributed by atoms with van der Waals surface area (Å²) in [7, 11) is 1.63. The summed E-state index contributed by atoms with van der Waals surface area (Å²) in [5.74, 6) is 0.989. The van der Waals surface area contributed by atoms with E-state index >= 15 is 0 Å². The second-order valence-electron chi connectivity index (χ2n) is 9.13. The van der Waals surface area contributed by atoms with Crippen molar-refractivity contribution in [3.8, 4) is 5.75 Å². The van der Waals surface area contributed by atoms with Crippen molar-refractivity contribution in [1.82, 2.24) is 4.90 Å². The summed E-state index contributed by atoms with van der Waals surface area (Å²) in [6, 6.07) is 20.3. The maximum Gasteiger partial charge on any atom is 0.290 e. The highest BCUT2D eigenvalue weighted by atomic mass is 35.5. The molecule has 0 N–H and O–H groups in total. The van der Waals surface area contributed by atoms with Crippen molar-refractivity contribution < 1.29 is 13.9 Å². The molecular formula is C29H26ClNO4. The lowest BCUT2D eigenvalue weighted by Crippen LogP contribution is -2.31. The average Bonchev–Trinajstić information content (AvgIpc) is 3.15. The minimum absolute atomic E-state index is 0.109. The van der Waals surface area contributed by atoms with Gasteiger partial charge in [0.05, 0.1) is 24.1 Å². The van der Waals surface area contributed by atoms with E-state index in [2.05, 4.69) is 26.0 Å². The van der Waals surface area contributed by atoms with Gasteiger partial charge in [-0.1, -0.05) is 61.8 Å². The summed E-state index contributed by atoms with van der Waals surface area (Å²) in [5.41, 5.74) is 3.65. The highest BCUT2D eigenvalue weighted by Gasteiger charge is 2.42. The van der Waals surface area contributed by atoms with Gasteiger partial charge in [-0.3, -0.25) is 9.59 Å². The zero-order valence-corrected chi connectivity index (χ0v) is 20.6. The number of halogens is 1. The van der Waals surface area contributed by atoms with Crippen LogP contribution in [0, 0.1) is 0 Å². The third-order valence-corrected chi connectivity index (χ3v) is 6.88. The van der Waals surface area contributed by atoms with Crippen LogP contribution >= 0.6 is 11.6 Å². The van der Waals surface area contributed by atoms with Crippen LogP contribution in [0.1, 0.15) is 58.6 Å². The number of hydrogen-bond donors (Lipinski definition) is 0. The first kappa shape index (κ1) is 23.2. The van der Waals surface area contributed by atoms with Gasteiger partial charge in [-0.25, -0.2) is 0 Å². The van der Waals surface area contributed by atoms with E-state index in [1.165, 1.54) is 5.56 Å². The summed E-state index contributed by atoms with van der Waals surface area (Å²) in [6.07, 6.45) is 0.629. The van der Waals surface area contributed by atoms with E-state index in [1.807, 2.05) is 36.4 Å². The summed E-state index contributed by atoms with van der Waals surface area (Å²) in [5, 5.41) is 0.827. The quantitative estimate of drug-likeness (QED) is 0.317. The van der Waals surface area contributed by atoms with E-state index in [0.717, 1.165) is 16.9 Å². The van der Waals surface area contributed by atoms with Crippen LogP contribution in [-0.2, 0) is 6.42 Å². The van der Waals surface area contributed by atoms with Crippen LogP contribution in [0.25, 0.3) is 11.0 Å². The minimum atomic E-state index is -0.531. The van der Waals surface area contributed by atoms with Gasteiger partial charge in [0, 0.05) is 11.6 Å². The van der Waals surface area contributed by atoms with Crippen LogP contribution in [0.4, 0.5) is 0 Å². The second kappa shape index (κ2) is 9.23. The van der Waals surface area contributed by atoms with Gasteiger partial charge in [0.15, 0.2) is 5.43 Å². The summed E-state index contributed by atoms with van der Waals surface area (Å²) in [4.78, 5) is 29.0. The number of carbonyl (C=O) groups is 1. The molecule has 1 atom stereocenters. The fraction of sp³-hybridized carbons (Fsp3) is 0.241. The van der Waals surface area contributed by atoms with Gasteiger partial charge >= 0.3 is 0 Å². The highest BCUT2D eigenvalue weighted by Crippen LogP contribution is 2.39. The molecule has 0 saturated carbocycles. The maximum atomic E-state index is 13.7. The largest absolute Gasteiger partial charge is 0.497 e. The lowest BCUT2D eigenvalue weighted by Gasteiger charge is -2.25. The van der Waals surface area contributed by atoms with Crippen molar-refractivity contribution in [2.45, 2.75) is 32.2 Å². The number of amides is 1. The predicted molar refractivity (Wildman–Crippen MR) is 138 cm³/mol. The number of methoxy groups -OCH3 is 1. The van der Waals surface area contributed by atoms with Crippen LogP contribution < -0.4 is 10.2 Å². The first-order valence-corrected chi connectivity index (χ1v) is 12.0. The Bertz CT molecular complexity index is 1460. The van der Waals surface area contributed by atoms with Crippen molar-refractivity contribution in [2.24, 2.45) is 0 Å². The third kappa shape index (κ3) is 4.21. The Labute approximate surface area is 208 Å². The molecule has 6 heteroatoms. The number of hydrogen-bond acceptors (Lipinski definition) is 4. The molecule has 1 amide bonds. The Morgan fingerprint density at radius 3 is 2.37 bits per heavy atom. The molecular weight excluding hydrogens is 462 g/mol. The maximum absolute atomic E-state index is 13.7. The zero-order chi connectivity index (χ0) is 24.7. The van der Waals surface area contributed by atoms with Crippen molar-refractivity contribution in [3.63, 3.8) is 0 Å². The summed E-state index contributed by atoms with van der Waals surface area (Å²) in [6.45, 7) is 4.70. The first-order chi connectivity index (χ1) is 16.9. The van der Waals surface area contributed by atoms with Crippen molar-refractivity contribution >= 4 is 28.5 Å². The molecule has 35 heavy (non-hydrogen) atoms. The van der Waals surface area contributed by atoms with Crippen molar-refractivity contribution in [1.29, 1.82) is 0 Å². The van der Waals surface area contributed by atoms with Gasteiger partial charge in [-0.15, -0.1) is 0 Å². The molecule has 178 valence electrons. The van der Waals surface area contributed by atoms with E-state index in [4.69, 9.17) is 20.8 Å². The van der Waals surface area contributed by atoms with Crippen molar-refractivity contribution in [3.05, 3.63) is 110 Å². The average molecular weight is 488 g/mol. The molecule has 5 rings (SSSR count). The lowest BCUT2D eigenvalue weighted by atomic mass is 9.95. The molecule has 1 aliphatic heterocycles. The van der Waals surface area contributed by atoms with Crippen LogP contribution in [-0.4, -0.2) is 24.5 Å². The molecule has 4 aromatic rings. The standard InChI is InChI=1S/C29H26ClNO4/c1-17(2)19-6-8-20(9-7-19)26-25-27(32)23-16-21(30)10-13-24(23)35-28(25)29(33)31(26)15-14-18-4-11-22(34-3)12-5-18/h4-13,16-17,26H,14-15H2,1-3H3/t26-/m1/s1. The zero-order valence-electron chi connectivity index (χ0n) is 19.9. The Hall–Kier alpha value is -3.57. The molecule has 3 aromatic carbocycles. The molecule has 0 spiro atoms. The van der Waals surface area contributed by atoms with Crippen LogP contribution in [0.3, 0.4) is 0 Å². The Balaban J connectivity index is 1.59. The number of benzene rings is 3. The Morgan fingerprint density at radius 1 is 1.00 bits per heavy atom. The molecule has 1 aromatic heterocycles. The molecule has 0 aliphatic carbocycles. The molecule has 5 nitrogen and oxygen atoms in total. The van der Waals surface area contributed by atoms with Gasteiger partial charge in [0.2, 0.25) is 5.76 Å². The predicted octanol–water partition coefficient (Wildman–Crippen LogP) is 6.37. The fourth-order valence-corrected chi connectivity index (χ4v) is 4.85. The fourth-order valence-electron chi connectivity index (χ4n) is 4.67. The highest BCUT2D eigenvalue weighted by molar-refractivity contribution is 6.31. The van der Waals surface area contributed by atoms with Gasteiger partial charge < -0.3 is 14.1 Å². The molecule has 2 heterocycles. The van der Waals surface area contributed by atoms with E-state index in [0.29, 0.717) is 40.4 Å². The van der Waals surface area contributed by atoms with E-state index in [1.54, 1.807) is 30.2 Å². The number of nitrogens with zero attached hydrogens (tertiary/aromatic N) is 1. The minimum Gasteiger partial charge on any atom is -0.497 e. The molecule has 0 bridgehead atoms. The van der Waals surface area contributed by atoms with Crippen LogP contribution in [0.5, 0.6) is 5.75 Å².